The Labute approximate surface area is 124 Å². The second-order valence-electron chi connectivity index (χ2n) is 4.51. The van der Waals surface area contributed by atoms with Crippen molar-refractivity contribution in [3.63, 3.8) is 0 Å². The average molecular weight is 311 g/mol. The summed E-state index contributed by atoms with van der Waals surface area (Å²) in [5.41, 5.74) is -0.538. The molecule has 0 amide bonds. The minimum Gasteiger partial charge on any atom is -0.481 e. The summed E-state index contributed by atoms with van der Waals surface area (Å²) in [6.07, 6.45) is -3.60. The zero-order chi connectivity index (χ0) is 16.3. The molecule has 116 valence electrons. The van der Waals surface area contributed by atoms with Crippen molar-refractivity contribution in [3.8, 4) is 17.0 Å². The number of nitrogens with zero attached hydrogens (tertiary/aromatic N) is 1. The van der Waals surface area contributed by atoms with Gasteiger partial charge in [-0.05, 0) is 23.3 Å². The topological polar surface area (TPSA) is 59.4 Å². The monoisotopic (exact) mass is 311 g/mol. The molecule has 0 fully saturated rings. The van der Waals surface area contributed by atoms with Crippen LogP contribution in [0.15, 0.2) is 36.5 Å². The second kappa shape index (κ2) is 6.05. The quantitative estimate of drug-likeness (QED) is 0.940. The van der Waals surface area contributed by atoms with Crippen LogP contribution in [0.3, 0.4) is 0 Å². The van der Waals surface area contributed by atoms with E-state index in [1.54, 1.807) is 0 Å². The molecule has 0 saturated heterocycles. The Bertz CT molecular complexity index is 699. The molecule has 0 radical (unpaired) electrons. The van der Waals surface area contributed by atoms with E-state index in [2.05, 4.69) is 4.98 Å². The van der Waals surface area contributed by atoms with Crippen molar-refractivity contribution in [2.24, 2.45) is 0 Å². The van der Waals surface area contributed by atoms with Crippen molar-refractivity contribution in [1.82, 2.24) is 4.98 Å². The van der Waals surface area contributed by atoms with Crippen molar-refractivity contribution in [3.05, 3.63) is 47.7 Å². The number of aliphatic carboxylic acids is 1. The van der Waals surface area contributed by atoms with Crippen molar-refractivity contribution >= 4 is 5.97 Å². The van der Waals surface area contributed by atoms with E-state index in [1.165, 1.54) is 37.6 Å². The molecule has 0 spiro atoms. The first-order chi connectivity index (χ1) is 10.3. The second-order valence-corrected chi connectivity index (χ2v) is 4.51. The summed E-state index contributed by atoms with van der Waals surface area (Å²) in [4.78, 5) is 14.7. The molecule has 0 saturated carbocycles. The number of aromatic nitrogens is 1. The van der Waals surface area contributed by atoms with Gasteiger partial charge in [0.05, 0.1) is 19.1 Å². The van der Waals surface area contributed by atoms with E-state index in [-0.39, 0.29) is 23.4 Å². The standard InChI is InChI=1S/C15H12F3NO3/c1-22-14-11(6-9(8-19-14)7-13(20)21)10-4-2-3-5-12(10)15(16,17)18/h2-6,8H,7H2,1H3,(H,20,21). The molecule has 0 unspecified atom stereocenters. The Morgan fingerprint density at radius 2 is 1.95 bits per heavy atom. The summed E-state index contributed by atoms with van der Waals surface area (Å²) >= 11 is 0. The highest BCUT2D eigenvalue weighted by atomic mass is 19.4. The summed E-state index contributed by atoms with van der Waals surface area (Å²) in [5.74, 6) is -1.09. The fourth-order valence-corrected chi connectivity index (χ4v) is 2.09. The molecule has 4 nitrogen and oxygen atoms in total. The van der Waals surface area contributed by atoms with Gasteiger partial charge in [-0.2, -0.15) is 13.2 Å². The van der Waals surface area contributed by atoms with E-state index in [0.717, 1.165) is 6.07 Å². The van der Waals surface area contributed by atoms with Gasteiger partial charge >= 0.3 is 12.1 Å². The number of alkyl halides is 3. The number of ether oxygens (including phenoxy) is 1. The minimum absolute atomic E-state index is 0.00541. The molecular weight excluding hydrogens is 299 g/mol. The third kappa shape index (κ3) is 3.36. The predicted octanol–water partition coefficient (Wildman–Crippen LogP) is 3.40. The molecule has 0 aliphatic rings. The van der Waals surface area contributed by atoms with Gasteiger partial charge in [-0.15, -0.1) is 0 Å². The lowest BCUT2D eigenvalue weighted by Crippen LogP contribution is -2.08. The zero-order valence-electron chi connectivity index (χ0n) is 11.5. The van der Waals surface area contributed by atoms with Crippen LogP contribution in [0.4, 0.5) is 13.2 Å². The summed E-state index contributed by atoms with van der Waals surface area (Å²) in [6, 6.07) is 6.36. The Hall–Kier alpha value is -2.57. The van der Waals surface area contributed by atoms with E-state index < -0.39 is 17.7 Å². The first-order valence-electron chi connectivity index (χ1n) is 6.24. The molecule has 0 bridgehead atoms. The largest absolute Gasteiger partial charge is 0.481 e. The number of benzene rings is 1. The highest BCUT2D eigenvalue weighted by Crippen LogP contribution is 2.39. The number of pyridine rings is 1. The van der Waals surface area contributed by atoms with Crippen LogP contribution in [0.1, 0.15) is 11.1 Å². The van der Waals surface area contributed by atoms with Crippen molar-refractivity contribution in [2.45, 2.75) is 12.6 Å². The van der Waals surface area contributed by atoms with E-state index in [1.807, 2.05) is 0 Å². The molecule has 2 rings (SSSR count). The minimum atomic E-state index is -4.54. The highest BCUT2D eigenvalue weighted by molar-refractivity contribution is 5.75. The fraction of sp³-hybridized carbons (Fsp3) is 0.200. The van der Waals surface area contributed by atoms with E-state index in [0.29, 0.717) is 5.56 Å². The lowest BCUT2D eigenvalue weighted by atomic mass is 9.98. The molecule has 2 aromatic rings. The molecular formula is C15H12F3NO3. The number of methoxy groups -OCH3 is 1. The number of halogens is 3. The normalized spacial score (nSPS) is 11.3. The summed E-state index contributed by atoms with van der Waals surface area (Å²) < 4.78 is 44.4. The molecule has 1 aromatic carbocycles. The molecule has 1 heterocycles. The average Bonchev–Trinajstić information content (AvgIpc) is 2.45. The smallest absolute Gasteiger partial charge is 0.417 e. The maximum absolute atomic E-state index is 13.1. The van der Waals surface area contributed by atoms with Gasteiger partial charge in [0.15, 0.2) is 0 Å². The Balaban J connectivity index is 2.63. The Kier molecular flexibility index (Phi) is 4.35. The third-order valence-corrected chi connectivity index (χ3v) is 2.98. The van der Waals surface area contributed by atoms with Gasteiger partial charge in [0.25, 0.3) is 0 Å². The summed E-state index contributed by atoms with van der Waals surface area (Å²) in [6.45, 7) is 0. The van der Waals surface area contributed by atoms with Gasteiger partial charge in [-0.1, -0.05) is 18.2 Å². The van der Waals surface area contributed by atoms with Crippen molar-refractivity contribution in [1.29, 1.82) is 0 Å². The van der Waals surface area contributed by atoms with E-state index >= 15 is 0 Å². The molecule has 1 aromatic heterocycles. The number of hydrogen-bond acceptors (Lipinski definition) is 3. The maximum Gasteiger partial charge on any atom is 0.417 e. The lowest BCUT2D eigenvalue weighted by molar-refractivity contribution is -0.137. The van der Waals surface area contributed by atoms with Crippen LogP contribution in [-0.2, 0) is 17.4 Å². The van der Waals surface area contributed by atoms with Gasteiger partial charge in [0, 0.05) is 11.8 Å². The maximum atomic E-state index is 13.1. The summed E-state index contributed by atoms with van der Waals surface area (Å²) in [5, 5.41) is 8.80. The van der Waals surface area contributed by atoms with E-state index in [9.17, 15) is 18.0 Å². The van der Waals surface area contributed by atoms with Crippen LogP contribution < -0.4 is 4.74 Å². The molecule has 0 aliphatic carbocycles. The molecule has 0 aliphatic heterocycles. The molecule has 22 heavy (non-hydrogen) atoms. The van der Waals surface area contributed by atoms with Crippen LogP contribution in [0.5, 0.6) is 5.88 Å². The predicted molar refractivity (Wildman–Crippen MR) is 72.6 cm³/mol. The first-order valence-corrected chi connectivity index (χ1v) is 6.24. The van der Waals surface area contributed by atoms with Crippen LogP contribution in [0.25, 0.3) is 11.1 Å². The van der Waals surface area contributed by atoms with Crippen LogP contribution in [0, 0.1) is 0 Å². The Morgan fingerprint density at radius 3 is 2.55 bits per heavy atom. The van der Waals surface area contributed by atoms with Gasteiger partial charge < -0.3 is 9.84 Å². The highest BCUT2D eigenvalue weighted by Gasteiger charge is 2.34. The lowest BCUT2D eigenvalue weighted by Gasteiger charge is -2.15. The number of carboxylic acids is 1. The molecule has 0 atom stereocenters. The Morgan fingerprint density at radius 1 is 1.27 bits per heavy atom. The van der Waals surface area contributed by atoms with Crippen LogP contribution in [0.2, 0.25) is 0 Å². The van der Waals surface area contributed by atoms with Gasteiger partial charge in [-0.25, -0.2) is 4.98 Å². The van der Waals surface area contributed by atoms with Crippen molar-refractivity contribution in [2.75, 3.05) is 7.11 Å². The SMILES string of the molecule is COc1ncc(CC(=O)O)cc1-c1ccccc1C(F)(F)F. The van der Waals surface area contributed by atoms with Crippen LogP contribution >= 0.6 is 0 Å². The third-order valence-electron chi connectivity index (χ3n) is 2.98. The van der Waals surface area contributed by atoms with Gasteiger partial charge in [-0.3, -0.25) is 4.79 Å². The molecule has 7 heteroatoms. The zero-order valence-corrected chi connectivity index (χ0v) is 11.5. The van der Waals surface area contributed by atoms with Gasteiger partial charge in [0.1, 0.15) is 0 Å². The molecule has 1 N–H and O–H groups in total. The number of rotatable bonds is 4. The summed E-state index contributed by atoms with van der Waals surface area (Å²) in [7, 11) is 1.29. The number of hydrogen-bond donors (Lipinski definition) is 1. The fourth-order valence-electron chi connectivity index (χ4n) is 2.09. The number of carboxylic acid groups (broad SMARTS) is 1. The van der Waals surface area contributed by atoms with Crippen LogP contribution in [-0.4, -0.2) is 23.2 Å². The first kappa shape index (κ1) is 15.8. The van der Waals surface area contributed by atoms with Gasteiger partial charge in [0.2, 0.25) is 5.88 Å². The van der Waals surface area contributed by atoms with Crippen molar-refractivity contribution < 1.29 is 27.8 Å². The number of carbonyl (C=O) groups is 1. The van der Waals surface area contributed by atoms with E-state index in [4.69, 9.17) is 9.84 Å².